The molecule has 0 aliphatic heterocycles. The number of fused-ring (bicyclic) bond motifs is 1. The lowest BCUT2D eigenvalue weighted by molar-refractivity contribution is -0.384. The second kappa shape index (κ2) is 13.9. The van der Waals surface area contributed by atoms with E-state index in [4.69, 9.17) is 9.72 Å². The number of likely N-dealkylation sites (N-methyl/N-ethyl adjacent to an activating group) is 2. The van der Waals surface area contributed by atoms with Gasteiger partial charge in [-0.15, -0.1) is 0 Å². The first kappa shape index (κ1) is 32.0. The fourth-order valence-electron chi connectivity index (χ4n) is 4.69. The van der Waals surface area contributed by atoms with Crippen molar-refractivity contribution >= 4 is 39.8 Å². The molecule has 2 aromatic carbocycles. The summed E-state index contributed by atoms with van der Waals surface area (Å²) in [5, 5.41) is 18.9. The topological polar surface area (TPSA) is 131 Å². The largest absolute Gasteiger partial charge is 0.383 e. The van der Waals surface area contributed by atoms with Crippen LogP contribution in [0.5, 0.6) is 0 Å². The lowest BCUT2D eigenvalue weighted by Crippen LogP contribution is -2.29. The molecule has 224 valence electrons. The Bertz CT molecular complexity index is 1570. The van der Waals surface area contributed by atoms with Crippen LogP contribution in [-0.2, 0) is 11.8 Å². The van der Waals surface area contributed by atoms with Crippen molar-refractivity contribution in [1.82, 2.24) is 24.8 Å². The molecule has 0 radical (unpaired) electrons. The van der Waals surface area contributed by atoms with E-state index in [9.17, 15) is 14.9 Å². The lowest BCUT2D eigenvalue weighted by atomic mass is 10.1. The minimum Gasteiger partial charge on any atom is -0.383 e. The van der Waals surface area contributed by atoms with Crippen molar-refractivity contribution < 1.29 is 14.5 Å². The van der Waals surface area contributed by atoms with Crippen molar-refractivity contribution in [2.24, 2.45) is 7.05 Å². The highest BCUT2D eigenvalue weighted by atomic mass is 16.6. The summed E-state index contributed by atoms with van der Waals surface area (Å²) in [6.07, 6.45) is 1.60. The van der Waals surface area contributed by atoms with E-state index in [0.717, 1.165) is 23.0 Å². The van der Waals surface area contributed by atoms with Crippen LogP contribution in [0.3, 0.4) is 0 Å². The van der Waals surface area contributed by atoms with Crippen LogP contribution in [0.4, 0.5) is 23.0 Å². The maximum atomic E-state index is 13.3. The molecular formula is C30H40N8O4. The molecular weight excluding hydrogens is 536 g/mol. The standard InChI is InChI=1S/C29H36N8O4.CH4/c1-19-17-24(35(4)15-14-34(2)3)25(37(39)40)18-22(19)33-29-31-12-11-21(32-29)26-20-9-7-8-10-23(20)36(5)27(26)28(38)30-13-16-41-6;/h7-12,17-18H,13-16H2,1-6H3,(H,30,38)(H,31,32,33);1H4. The summed E-state index contributed by atoms with van der Waals surface area (Å²) >= 11 is 0. The van der Waals surface area contributed by atoms with Gasteiger partial charge in [0.05, 0.1) is 22.9 Å². The van der Waals surface area contributed by atoms with E-state index < -0.39 is 0 Å². The van der Waals surface area contributed by atoms with Crippen LogP contribution in [-0.4, -0.2) is 84.8 Å². The molecule has 0 spiro atoms. The van der Waals surface area contributed by atoms with Crippen molar-refractivity contribution in [3.8, 4) is 11.3 Å². The van der Waals surface area contributed by atoms with Gasteiger partial charge in [0.2, 0.25) is 5.95 Å². The molecule has 1 amide bonds. The molecule has 0 bridgehead atoms. The fourth-order valence-corrected chi connectivity index (χ4v) is 4.69. The Morgan fingerprint density at radius 2 is 1.88 bits per heavy atom. The summed E-state index contributed by atoms with van der Waals surface area (Å²) in [6.45, 7) is 4.03. The molecule has 2 heterocycles. The monoisotopic (exact) mass is 576 g/mol. The van der Waals surface area contributed by atoms with E-state index in [0.29, 0.717) is 48.0 Å². The van der Waals surface area contributed by atoms with Gasteiger partial charge in [0.25, 0.3) is 11.6 Å². The van der Waals surface area contributed by atoms with Crippen LogP contribution < -0.4 is 15.5 Å². The molecule has 42 heavy (non-hydrogen) atoms. The third kappa shape index (κ3) is 6.84. The van der Waals surface area contributed by atoms with Gasteiger partial charge in [-0.2, -0.15) is 0 Å². The van der Waals surface area contributed by atoms with Crippen LogP contribution in [0.25, 0.3) is 22.2 Å². The number of nitro benzene ring substituents is 1. The zero-order valence-corrected chi connectivity index (χ0v) is 24.3. The van der Waals surface area contributed by atoms with Crippen LogP contribution >= 0.6 is 0 Å². The van der Waals surface area contributed by atoms with Crippen molar-refractivity contribution in [2.75, 3.05) is 64.7 Å². The van der Waals surface area contributed by atoms with E-state index in [-0.39, 0.29) is 29.9 Å². The van der Waals surface area contributed by atoms with E-state index in [1.54, 1.807) is 25.4 Å². The van der Waals surface area contributed by atoms with Gasteiger partial charge in [-0.1, -0.05) is 25.6 Å². The molecule has 0 saturated heterocycles. The molecule has 12 nitrogen and oxygen atoms in total. The number of aryl methyl sites for hydroxylation is 2. The van der Waals surface area contributed by atoms with Crippen LogP contribution in [0.15, 0.2) is 48.7 Å². The number of hydrogen-bond acceptors (Lipinski definition) is 9. The van der Waals surface area contributed by atoms with Gasteiger partial charge in [0.15, 0.2) is 0 Å². The summed E-state index contributed by atoms with van der Waals surface area (Å²) in [5.41, 5.74) is 4.41. The Labute approximate surface area is 246 Å². The van der Waals surface area contributed by atoms with Crippen LogP contribution in [0.2, 0.25) is 0 Å². The molecule has 4 aromatic rings. The van der Waals surface area contributed by atoms with Gasteiger partial charge in [0, 0.05) is 69.6 Å². The smallest absolute Gasteiger partial charge is 0.294 e. The van der Waals surface area contributed by atoms with Crippen LogP contribution in [0, 0.1) is 17.0 Å². The number of ether oxygens (including phenoxy) is 1. The molecule has 0 atom stereocenters. The average molecular weight is 577 g/mol. The highest BCUT2D eigenvalue weighted by Gasteiger charge is 2.24. The Kier molecular flexibility index (Phi) is 10.6. The van der Waals surface area contributed by atoms with E-state index in [1.807, 2.05) is 73.7 Å². The predicted molar refractivity (Wildman–Crippen MR) is 168 cm³/mol. The summed E-state index contributed by atoms with van der Waals surface area (Å²) in [6, 6.07) is 12.8. The Balaban J connectivity index is 0.00000484. The number of anilines is 3. The van der Waals surface area contributed by atoms with Gasteiger partial charge in [-0.05, 0) is 44.8 Å². The molecule has 12 heteroatoms. The summed E-state index contributed by atoms with van der Waals surface area (Å²) in [5.74, 6) is 0.0107. The number of nitro groups is 1. The van der Waals surface area contributed by atoms with E-state index in [1.165, 1.54) is 6.07 Å². The first-order valence-corrected chi connectivity index (χ1v) is 13.2. The third-order valence-corrected chi connectivity index (χ3v) is 6.88. The Morgan fingerprint density at radius 1 is 1.14 bits per heavy atom. The second-order valence-corrected chi connectivity index (χ2v) is 10.1. The number of para-hydroxylation sites is 1. The molecule has 0 fully saturated rings. The van der Waals surface area contributed by atoms with Crippen molar-refractivity contribution in [1.29, 1.82) is 0 Å². The number of amides is 1. The number of aromatic nitrogens is 3. The molecule has 0 aliphatic rings. The number of benzene rings is 2. The quantitative estimate of drug-likeness (QED) is 0.141. The predicted octanol–water partition coefficient (Wildman–Crippen LogP) is 4.61. The molecule has 2 N–H and O–H groups in total. The van der Waals surface area contributed by atoms with Crippen LogP contribution in [0.1, 0.15) is 23.5 Å². The molecule has 0 saturated carbocycles. The number of methoxy groups -OCH3 is 1. The Morgan fingerprint density at radius 3 is 2.57 bits per heavy atom. The number of nitrogens with one attached hydrogen (secondary N) is 2. The van der Waals surface area contributed by atoms with Crippen molar-refractivity contribution in [3.05, 3.63) is 70.0 Å². The first-order chi connectivity index (χ1) is 19.6. The molecule has 0 unspecified atom stereocenters. The van der Waals surface area contributed by atoms with Gasteiger partial charge >= 0.3 is 0 Å². The average Bonchev–Trinajstić information content (AvgIpc) is 3.25. The third-order valence-electron chi connectivity index (χ3n) is 6.88. The second-order valence-electron chi connectivity index (χ2n) is 10.1. The highest BCUT2D eigenvalue weighted by molar-refractivity contribution is 6.09. The fraction of sp³-hybridized carbons (Fsp3) is 0.367. The van der Waals surface area contributed by atoms with Gasteiger partial charge < -0.3 is 29.7 Å². The molecule has 0 aliphatic carbocycles. The number of carbonyl (C=O) groups excluding carboxylic acids is 1. The normalized spacial score (nSPS) is 10.9. The number of hydrogen-bond donors (Lipinski definition) is 2. The summed E-state index contributed by atoms with van der Waals surface area (Å²) in [7, 11) is 9.19. The highest BCUT2D eigenvalue weighted by Crippen LogP contribution is 2.36. The number of rotatable bonds is 12. The van der Waals surface area contributed by atoms with Gasteiger partial charge in [0.1, 0.15) is 11.4 Å². The zero-order valence-electron chi connectivity index (χ0n) is 24.3. The van der Waals surface area contributed by atoms with Crippen molar-refractivity contribution in [2.45, 2.75) is 14.4 Å². The maximum absolute atomic E-state index is 13.3. The van der Waals surface area contributed by atoms with Crippen molar-refractivity contribution in [3.63, 3.8) is 0 Å². The number of nitrogens with zero attached hydrogens (tertiary/aromatic N) is 6. The lowest BCUT2D eigenvalue weighted by Gasteiger charge is -2.22. The summed E-state index contributed by atoms with van der Waals surface area (Å²) in [4.78, 5) is 37.9. The minimum atomic E-state index is -0.381. The minimum absolute atomic E-state index is 0. The van der Waals surface area contributed by atoms with Gasteiger partial charge in [-0.3, -0.25) is 14.9 Å². The Hall–Kier alpha value is -4.55. The maximum Gasteiger partial charge on any atom is 0.294 e. The number of carbonyl (C=O) groups is 1. The summed E-state index contributed by atoms with van der Waals surface area (Å²) < 4.78 is 6.93. The molecule has 4 rings (SSSR count). The van der Waals surface area contributed by atoms with E-state index >= 15 is 0 Å². The molecule has 2 aromatic heterocycles. The first-order valence-electron chi connectivity index (χ1n) is 13.2. The van der Waals surface area contributed by atoms with Gasteiger partial charge in [-0.25, -0.2) is 9.97 Å². The van der Waals surface area contributed by atoms with E-state index in [2.05, 4.69) is 15.6 Å². The SMILES string of the molecule is C.COCCNC(=O)c1c(-c2ccnc(Nc3cc([N+](=O)[O-])c(N(C)CCN(C)C)cc3C)n2)c2ccccc2n1C. The zero-order chi connectivity index (χ0) is 29.7.